The number of carbonyl (C=O) groups is 5. The van der Waals surface area contributed by atoms with Crippen LogP contribution in [0.4, 0.5) is 11.4 Å². The minimum Gasteiger partial charge on any atom is -0.348 e. The van der Waals surface area contributed by atoms with E-state index in [1.165, 1.54) is 4.90 Å². The van der Waals surface area contributed by atoms with E-state index in [-0.39, 0.29) is 54.7 Å². The molecule has 4 aromatic carbocycles. The number of hydrogen-bond acceptors (Lipinski definition) is 8. The number of benzene rings is 4. The van der Waals surface area contributed by atoms with Gasteiger partial charge in [0.1, 0.15) is 18.1 Å². The van der Waals surface area contributed by atoms with Gasteiger partial charge < -0.3 is 36.8 Å². The molecule has 2 heterocycles. The summed E-state index contributed by atoms with van der Waals surface area (Å²) in [6.45, 7) is 9.46. The van der Waals surface area contributed by atoms with Crippen LogP contribution in [-0.4, -0.2) is 85.9 Å². The van der Waals surface area contributed by atoms with Gasteiger partial charge in [0.15, 0.2) is 0 Å². The van der Waals surface area contributed by atoms with Gasteiger partial charge in [-0.2, -0.15) is 0 Å². The quantitative estimate of drug-likeness (QED) is 0.0847. The van der Waals surface area contributed by atoms with E-state index >= 15 is 0 Å². The molecule has 0 aliphatic carbocycles. The van der Waals surface area contributed by atoms with E-state index in [0.29, 0.717) is 18.5 Å². The van der Waals surface area contributed by atoms with E-state index in [2.05, 4.69) is 69.7 Å². The molecule has 4 aromatic rings. The second-order valence-corrected chi connectivity index (χ2v) is 16.8. The van der Waals surface area contributed by atoms with Crippen molar-refractivity contribution in [2.75, 3.05) is 23.9 Å². The van der Waals surface area contributed by atoms with Gasteiger partial charge in [0, 0.05) is 42.7 Å². The SMILES string of the molecule is CN[C@@H](C)C(=O)N[C@@H](CC#CC[C@H](NC(=O)[C@H](C)NC)C(=O)N1c2ccccc2C[C@H]1C(C)N[C@H](C)c1ccccc1)C(=O)N1c2ccccc2C[C@H]1C(=O)N[C@H](C)c1ccccc1. The number of amides is 5. The van der Waals surface area contributed by atoms with Crippen molar-refractivity contribution in [3.8, 4) is 11.8 Å². The molecule has 0 spiro atoms. The van der Waals surface area contributed by atoms with Crippen LogP contribution in [0, 0.1) is 11.8 Å². The van der Waals surface area contributed by atoms with Gasteiger partial charge in [-0.15, -0.1) is 11.8 Å². The zero-order valence-corrected chi connectivity index (χ0v) is 37.9. The molecule has 0 radical (unpaired) electrons. The zero-order valence-electron chi connectivity index (χ0n) is 37.9. The monoisotopic (exact) mass is 866 g/mol. The summed E-state index contributed by atoms with van der Waals surface area (Å²) in [5, 5.41) is 18.5. The number of fused-ring (bicyclic) bond motifs is 2. The highest BCUT2D eigenvalue weighted by molar-refractivity contribution is 6.07. The van der Waals surface area contributed by atoms with Crippen LogP contribution in [0.2, 0.25) is 0 Å². The maximum atomic E-state index is 14.9. The van der Waals surface area contributed by atoms with Crippen LogP contribution in [-0.2, 0) is 36.8 Å². The first-order chi connectivity index (χ1) is 30.8. The molecule has 2 aliphatic heterocycles. The molecule has 5 amide bonds. The fourth-order valence-corrected chi connectivity index (χ4v) is 8.38. The Bertz CT molecular complexity index is 2330. The molecule has 6 N–H and O–H groups in total. The maximum Gasteiger partial charge on any atom is 0.251 e. The third-order valence-corrected chi connectivity index (χ3v) is 12.4. The van der Waals surface area contributed by atoms with Gasteiger partial charge in [-0.1, -0.05) is 97.1 Å². The molecule has 13 heteroatoms. The average Bonchev–Trinajstić information content (AvgIpc) is 3.91. The summed E-state index contributed by atoms with van der Waals surface area (Å²) < 4.78 is 0. The Labute approximate surface area is 377 Å². The van der Waals surface area contributed by atoms with Crippen molar-refractivity contribution in [1.82, 2.24) is 31.9 Å². The lowest BCUT2D eigenvalue weighted by molar-refractivity contribution is -0.130. The van der Waals surface area contributed by atoms with Crippen LogP contribution in [0.1, 0.15) is 81.8 Å². The van der Waals surface area contributed by atoms with Gasteiger partial charge in [-0.05, 0) is 89.5 Å². The highest BCUT2D eigenvalue weighted by Crippen LogP contribution is 2.36. The van der Waals surface area contributed by atoms with Crippen LogP contribution in [0.25, 0.3) is 0 Å². The Morgan fingerprint density at radius 2 is 1.00 bits per heavy atom. The summed E-state index contributed by atoms with van der Waals surface area (Å²) in [6.07, 6.45) is 0.729. The van der Waals surface area contributed by atoms with Gasteiger partial charge in [-0.3, -0.25) is 28.9 Å². The van der Waals surface area contributed by atoms with E-state index in [1.807, 2.05) is 97.9 Å². The van der Waals surface area contributed by atoms with E-state index in [0.717, 1.165) is 27.9 Å². The molecular formula is C51H62N8O5. The second kappa shape index (κ2) is 21.8. The minimum atomic E-state index is -1.15. The summed E-state index contributed by atoms with van der Waals surface area (Å²) in [7, 11) is 3.32. The van der Waals surface area contributed by atoms with Crippen LogP contribution in [0.3, 0.4) is 0 Å². The van der Waals surface area contributed by atoms with Crippen LogP contribution in [0.5, 0.6) is 0 Å². The van der Waals surface area contributed by atoms with E-state index < -0.39 is 42.0 Å². The summed E-state index contributed by atoms with van der Waals surface area (Å²) in [6, 6.07) is 29.9. The average molecular weight is 867 g/mol. The number of nitrogens with zero attached hydrogens (tertiary/aromatic N) is 2. The third kappa shape index (κ3) is 11.1. The number of nitrogens with one attached hydrogen (secondary N) is 6. The number of likely N-dealkylation sites (N-methyl/N-ethyl adjacent to an activating group) is 2. The topological polar surface area (TPSA) is 164 Å². The highest BCUT2D eigenvalue weighted by Gasteiger charge is 2.43. The lowest BCUT2D eigenvalue weighted by atomic mass is 10.0. The number of carbonyl (C=O) groups excluding carboxylic acids is 5. The van der Waals surface area contributed by atoms with Crippen molar-refractivity contribution in [2.24, 2.45) is 0 Å². The van der Waals surface area contributed by atoms with E-state index in [1.54, 1.807) is 38.9 Å². The first-order valence-corrected chi connectivity index (χ1v) is 22.2. The molecule has 0 bridgehead atoms. The van der Waals surface area contributed by atoms with Crippen molar-refractivity contribution in [2.45, 2.75) is 115 Å². The number of rotatable bonds is 17. The molecular weight excluding hydrogens is 805 g/mol. The van der Waals surface area contributed by atoms with E-state index in [9.17, 15) is 24.0 Å². The Hall–Kier alpha value is -6.33. The largest absolute Gasteiger partial charge is 0.348 e. The first kappa shape index (κ1) is 47.2. The van der Waals surface area contributed by atoms with Gasteiger partial charge >= 0.3 is 0 Å². The Morgan fingerprint density at radius 3 is 1.52 bits per heavy atom. The molecule has 0 saturated carbocycles. The van der Waals surface area contributed by atoms with Crippen LogP contribution < -0.4 is 41.7 Å². The Balaban J connectivity index is 1.27. The number of anilines is 2. The first-order valence-electron chi connectivity index (χ1n) is 22.2. The molecule has 336 valence electrons. The van der Waals surface area contributed by atoms with Crippen molar-refractivity contribution in [3.05, 3.63) is 131 Å². The van der Waals surface area contributed by atoms with Gasteiger partial charge in [-0.25, -0.2) is 0 Å². The minimum absolute atomic E-state index is 0.0125. The molecule has 0 saturated heterocycles. The second-order valence-electron chi connectivity index (χ2n) is 16.8. The maximum absolute atomic E-state index is 14.9. The molecule has 0 fully saturated rings. The third-order valence-electron chi connectivity index (χ3n) is 12.4. The van der Waals surface area contributed by atoms with Crippen molar-refractivity contribution >= 4 is 40.9 Å². The van der Waals surface area contributed by atoms with Crippen molar-refractivity contribution in [3.63, 3.8) is 0 Å². The Kier molecular flexibility index (Phi) is 16.1. The normalized spacial score (nSPS) is 18.4. The van der Waals surface area contributed by atoms with Gasteiger partial charge in [0.2, 0.25) is 17.7 Å². The summed E-state index contributed by atoms with van der Waals surface area (Å²) in [5.74, 6) is 4.27. The molecule has 2 aliphatic rings. The molecule has 0 aromatic heterocycles. The highest BCUT2D eigenvalue weighted by atomic mass is 16.2. The predicted molar refractivity (Wildman–Crippen MR) is 251 cm³/mol. The standard InChI is InChI=1S/C51H62N8O5/c1-32(37-20-10-8-11-21-37)54-34(3)45-30-39-24-14-18-28-43(39)58(45)50(63)41(56-47(60)35(4)52-6)26-16-17-27-42(57-48(61)36(5)53-7)51(64)59-44-29-19-15-25-40(44)31-46(59)49(62)55-33(2)38-22-12-9-13-23-38/h8-15,18-25,28-29,32-36,41-42,45-46,52-54H,26-27,30-31H2,1-7H3,(H,55,62)(H,56,60)(H,57,61)/t32-,33-,34?,35+,36+,41+,42+,45+,46+/m1/s1. The fourth-order valence-electron chi connectivity index (χ4n) is 8.38. The summed E-state index contributed by atoms with van der Waals surface area (Å²) >= 11 is 0. The molecule has 64 heavy (non-hydrogen) atoms. The predicted octanol–water partition coefficient (Wildman–Crippen LogP) is 4.49. The van der Waals surface area contributed by atoms with Gasteiger partial charge in [0.05, 0.1) is 24.2 Å². The lowest BCUT2D eigenvalue weighted by Gasteiger charge is -2.34. The molecule has 9 atom stereocenters. The van der Waals surface area contributed by atoms with Crippen molar-refractivity contribution in [1.29, 1.82) is 0 Å². The molecule has 13 nitrogen and oxygen atoms in total. The Morgan fingerprint density at radius 1 is 0.562 bits per heavy atom. The van der Waals surface area contributed by atoms with E-state index in [4.69, 9.17) is 0 Å². The number of hydrogen-bond donors (Lipinski definition) is 6. The number of para-hydroxylation sites is 2. The zero-order chi connectivity index (χ0) is 45.9. The lowest BCUT2D eigenvalue weighted by Crippen LogP contribution is -2.57. The summed E-state index contributed by atoms with van der Waals surface area (Å²) in [4.78, 5) is 73.8. The van der Waals surface area contributed by atoms with Gasteiger partial charge in [0.25, 0.3) is 11.8 Å². The summed E-state index contributed by atoms with van der Waals surface area (Å²) in [5.41, 5.74) is 5.28. The molecule has 1 unspecified atom stereocenters. The molecule has 6 rings (SSSR count). The van der Waals surface area contributed by atoms with Crippen molar-refractivity contribution < 1.29 is 24.0 Å². The van der Waals surface area contributed by atoms with Crippen LogP contribution in [0.15, 0.2) is 109 Å². The fraction of sp³-hybridized carbons (Fsp3) is 0.392. The smallest absolute Gasteiger partial charge is 0.251 e. The van der Waals surface area contributed by atoms with Crippen LogP contribution >= 0.6 is 0 Å².